The molecule has 0 radical (unpaired) electrons. The van der Waals surface area contributed by atoms with E-state index in [0.29, 0.717) is 12.4 Å². The quantitative estimate of drug-likeness (QED) is 0.473. The number of guanidine groups is 1. The van der Waals surface area contributed by atoms with Gasteiger partial charge in [0.2, 0.25) is 0 Å². The van der Waals surface area contributed by atoms with Gasteiger partial charge in [-0.2, -0.15) is 0 Å². The maximum atomic E-state index is 7.55. The second-order valence-corrected chi connectivity index (χ2v) is 4.98. The fourth-order valence-corrected chi connectivity index (χ4v) is 2.49. The lowest BCUT2D eigenvalue weighted by molar-refractivity contribution is 0.456. The molecule has 1 aliphatic heterocycles. The smallest absolute Gasteiger partial charge is 0.189 e. The van der Waals surface area contributed by atoms with Crippen LogP contribution >= 0.6 is 0 Å². The van der Waals surface area contributed by atoms with E-state index in [1.165, 1.54) is 5.56 Å². The highest BCUT2D eigenvalue weighted by Gasteiger charge is 2.28. The summed E-state index contributed by atoms with van der Waals surface area (Å²) in [4.78, 5) is 6.24. The number of amidine groups is 1. The first-order valence-electron chi connectivity index (χ1n) is 6.85. The topological polar surface area (TPSA) is 118 Å². The van der Waals surface area contributed by atoms with Crippen molar-refractivity contribution in [3.8, 4) is 0 Å². The van der Waals surface area contributed by atoms with Gasteiger partial charge in [0, 0.05) is 6.54 Å². The molecule has 2 rings (SSSR count). The molecular formula is C14H22N6. The van der Waals surface area contributed by atoms with Crippen LogP contribution in [0.1, 0.15) is 18.4 Å². The number of nitrogens with two attached hydrogens (primary N) is 3. The zero-order chi connectivity index (χ0) is 14.5. The van der Waals surface area contributed by atoms with Gasteiger partial charge < -0.3 is 22.1 Å². The van der Waals surface area contributed by atoms with Crippen molar-refractivity contribution in [3.05, 3.63) is 29.8 Å². The number of aliphatic imine (C=N–C) groups is 1. The Kier molecular flexibility index (Phi) is 4.57. The molecule has 1 aromatic carbocycles. The number of nitrogens with one attached hydrogen (secondary N) is 1. The van der Waals surface area contributed by atoms with E-state index < -0.39 is 0 Å². The lowest BCUT2D eigenvalue weighted by Crippen LogP contribution is -2.46. The lowest BCUT2D eigenvalue weighted by Gasteiger charge is -2.24. The van der Waals surface area contributed by atoms with Gasteiger partial charge >= 0.3 is 0 Å². The van der Waals surface area contributed by atoms with Gasteiger partial charge in [-0.1, -0.05) is 12.1 Å². The Morgan fingerprint density at radius 2 is 2.00 bits per heavy atom. The zero-order valence-corrected chi connectivity index (χ0v) is 11.5. The average Bonchev–Trinajstić information content (AvgIpc) is 2.91. The van der Waals surface area contributed by atoms with E-state index in [1.807, 2.05) is 24.3 Å². The Hall–Kier alpha value is -2.08. The van der Waals surface area contributed by atoms with Crippen molar-refractivity contribution in [2.75, 3.05) is 13.1 Å². The van der Waals surface area contributed by atoms with E-state index >= 15 is 0 Å². The van der Waals surface area contributed by atoms with Crippen molar-refractivity contribution in [2.24, 2.45) is 22.2 Å². The van der Waals surface area contributed by atoms with Gasteiger partial charge in [-0.15, -0.1) is 0 Å². The molecule has 1 saturated heterocycles. The molecule has 1 heterocycles. The minimum absolute atomic E-state index is 0.0591. The molecule has 6 heteroatoms. The van der Waals surface area contributed by atoms with E-state index in [0.717, 1.165) is 31.5 Å². The van der Waals surface area contributed by atoms with E-state index in [1.54, 1.807) is 4.90 Å². The summed E-state index contributed by atoms with van der Waals surface area (Å²) in [6.07, 6.45) is 2.73. The Labute approximate surface area is 119 Å². The summed E-state index contributed by atoms with van der Waals surface area (Å²) in [6, 6.07) is 7.83. The second-order valence-electron chi connectivity index (χ2n) is 4.98. The normalized spacial score (nSPS) is 19.4. The summed E-state index contributed by atoms with van der Waals surface area (Å²) in [7, 11) is 0. The summed E-state index contributed by atoms with van der Waals surface area (Å²) in [5, 5.41) is 7.55. The molecule has 0 bridgehead atoms. The van der Waals surface area contributed by atoms with Gasteiger partial charge in [0.1, 0.15) is 5.84 Å². The first kappa shape index (κ1) is 14.3. The minimum atomic E-state index is -0.0591. The molecule has 6 nitrogen and oxygen atoms in total. The predicted octanol–water partition coefficient (Wildman–Crippen LogP) is 0.534. The maximum Gasteiger partial charge on any atom is 0.189 e. The molecule has 1 atom stereocenters. The van der Waals surface area contributed by atoms with Crippen molar-refractivity contribution in [1.82, 2.24) is 4.90 Å². The maximum absolute atomic E-state index is 7.55. The highest BCUT2D eigenvalue weighted by atomic mass is 15.3. The third kappa shape index (κ3) is 3.27. The molecule has 0 aliphatic carbocycles. The molecule has 20 heavy (non-hydrogen) atoms. The highest BCUT2D eigenvalue weighted by molar-refractivity contribution is 5.92. The van der Waals surface area contributed by atoms with Crippen molar-refractivity contribution in [2.45, 2.75) is 25.3 Å². The average molecular weight is 274 g/mol. The molecule has 0 amide bonds. The van der Waals surface area contributed by atoms with Crippen molar-refractivity contribution in [3.63, 3.8) is 0 Å². The molecule has 1 aromatic rings. The summed E-state index contributed by atoms with van der Waals surface area (Å²) in [6.45, 7) is 1.41. The molecular weight excluding hydrogens is 252 g/mol. The third-order valence-electron chi connectivity index (χ3n) is 3.53. The van der Waals surface area contributed by atoms with E-state index in [4.69, 9.17) is 22.6 Å². The Morgan fingerprint density at radius 3 is 2.60 bits per heavy atom. The first-order valence-corrected chi connectivity index (χ1v) is 6.85. The standard InChI is InChI=1S/C14H22N6/c15-8-7-10-3-5-11(6-4-10)19-13(16)12-2-1-9-20(12)14(17)18/h3-6,12H,1-2,7-9,15H2,(H2,16,19)(H3,17,18). The summed E-state index contributed by atoms with van der Waals surface area (Å²) >= 11 is 0. The SMILES string of the molecule is N=C(N)N1CCCC1C(N)=Nc1ccc(CCN)cc1. The van der Waals surface area contributed by atoms with Gasteiger partial charge in [-0.25, -0.2) is 4.99 Å². The van der Waals surface area contributed by atoms with Crippen molar-refractivity contribution < 1.29 is 0 Å². The van der Waals surface area contributed by atoms with Gasteiger partial charge in [0.05, 0.1) is 11.7 Å². The molecule has 0 saturated carbocycles. The summed E-state index contributed by atoms with van der Waals surface area (Å²) in [5.74, 6) is 0.577. The van der Waals surface area contributed by atoms with Crippen LogP contribution < -0.4 is 17.2 Å². The van der Waals surface area contributed by atoms with E-state index in [-0.39, 0.29) is 12.0 Å². The molecule has 108 valence electrons. The highest BCUT2D eigenvalue weighted by Crippen LogP contribution is 2.19. The molecule has 1 aliphatic rings. The van der Waals surface area contributed by atoms with E-state index in [2.05, 4.69) is 4.99 Å². The molecule has 0 aromatic heterocycles. The number of rotatable bonds is 4. The number of hydrogen-bond donors (Lipinski definition) is 4. The largest absolute Gasteiger partial charge is 0.385 e. The predicted molar refractivity (Wildman–Crippen MR) is 82.1 cm³/mol. The number of benzene rings is 1. The first-order chi connectivity index (χ1) is 9.61. The summed E-state index contributed by atoms with van der Waals surface area (Å²) in [5.41, 5.74) is 19.2. The Morgan fingerprint density at radius 1 is 1.30 bits per heavy atom. The minimum Gasteiger partial charge on any atom is -0.385 e. The van der Waals surface area contributed by atoms with Crippen molar-refractivity contribution >= 4 is 17.5 Å². The van der Waals surface area contributed by atoms with Crippen molar-refractivity contribution in [1.29, 1.82) is 5.41 Å². The van der Waals surface area contributed by atoms with Crippen LogP contribution in [0.15, 0.2) is 29.3 Å². The second kappa shape index (κ2) is 6.38. The van der Waals surface area contributed by atoms with Crippen LogP contribution in [0.5, 0.6) is 0 Å². The number of hydrogen-bond acceptors (Lipinski definition) is 3. The molecule has 1 fully saturated rings. The van der Waals surface area contributed by atoms with Crippen LogP contribution in [0.4, 0.5) is 5.69 Å². The zero-order valence-electron chi connectivity index (χ0n) is 11.5. The molecule has 7 N–H and O–H groups in total. The van der Waals surface area contributed by atoms with Gasteiger partial charge in [-0.3, -0.25) is 5.41 Å². The number of nitrogens with zero attached hydrogens (tertiary/aromatic N) is 2. The Balaban J connectivity index is 2.11. The van der Waals surface area contributed by atoms with Crippen LogP contribution in [0.2, 0.25) is 0 Å². The molecule has 1 unspecified atom stereocenters. The van der Waals surface area contributed by atoms with Gasteiger partial charge in [0.15, 0.2) is 5.96 Å². The summed E-state index contributed by atoms with van der Waals surface area (Å²) < 4.78 is 0. The van der Waals surface area contributed by atoms with Crippen LogP contribution in [-0.2, 0) is 6.42 Å². The lowest BCUT2D eigenvalue weighted by atomic mass is 10.1. The monoisotopic (exact) mass is 274 g/mol. The van der Waals surface area contributed by atoms with E-state index in [9.17, 15) is 0 Å². The van der Waals surface area contributed by atoms with Crippen LogP contribution in [-0.4, -0.2) is 35.8 Å². The van der Waals surface area contributed by atoms with Crippen LogP contribution in [0.25, 0.3) is 0 Å². The van der Waals surface area contributed by atoms with Crippen LogP contribution in [0.3, 0.4) is 0 Å². The Bertz CT molecular complexity index is 493. The fourth-order valence-electron chi connectivity index (χ4n) is 2.49. The third-order valence-corrected chi connectivity index (χ3v) is 3.53. The molecule has 0 spiro atoms. The van der Waals surface area contributed by atoms with Gasteiger partial charge in [0.25, 0.3) is 0 Å². The number of likely N-dealkylation sites (tertiary alicyclic amines) is 1. The fraction of sp³-hybridized carbons (Fsp3) is 0.429. The van der Waals surface area contributed by atoms with Gasteiger partial charge in [-0.05, 0) is 43.5 Å². The van der Waals surface area contributed by atoms with Crippen LogP contribution in [0, 0.1) is 5.41 Å².